The molecule has 0 aliphatic carbocycles. The number of nitrogens with zero attached hydrogens (tertiary/aromatic N) is 1. The van der Waals surface area contributed by atoms with Gasteiger partial charge in [-0.05, 0) is 18.1 Å². The monoisotopic (exact) mass is 411 g/mol. The Morgan fingerprint density at radius 1 is 1.00 bits per heavy atom. The Balaban J connectivity index is 1.58. The van der Waals surface area contributed by atoms with Gasteiger partial charge in [0.2, 0.25) is 5.91 Å². The van der Waals surface area contributed by atoms with E-state index in [1.807, 2.05) is 48.2 Å². The molecule has 0 saturated carbocycles. The normalized spacial score (nSPS) is 16.2. The van der Waals surface area contributed by atoms with Crippen LogP contribution in [-0.4, -0.2) is 23.1 Å². The van der Waals surface area contributed by atoms with E-state index in [2.05, 4.69) is 30.0 Å². The molecule has 0 N–H and O–H groups in total. The maximum Gasteiger partial charge on any atom is 0.223 e. The molecule has 1 amide bonds. The molecule has 1 unspecified atom stereocenters. The summed E-state index contributed by atoms with van der Waals surface area (Å²) in [6.07, 6.45) is 7.93. The zero-order valence-corrected chi connectivity index (χ0v) is 18.3. The lowest BCUT2D eigenvalue weighted by molar-refractivity contribution is -0.131. The van der Waals surface area contributed by atoms with E-state index in [1.54, 1.807) is 0 Å². The quantitative estimate of drug-likeness (QED) is 0.391. The molecule has 2 aromatic carbocycles. The van der Waals surface area contributed by atoms with Crippen molar-refractivity contribution in [2.45, 2.75) is 63.9 Å². The third-order valence-electron chi connectivity index (χ3n) is 5.38. The van der Waals surface area contributed by atoms with E-state index in [9.17, 15) is 4.79 Å². The largest absolute Gasteiger partial charge is 0.489 e. The molecule has 1 saturated heterocycles. The first-order chi connectivity index (χ1) is 14.3. The summed E-state index contributed by atoms with van der Waals surface area (Å²) >= 11 is 1.84. The van der Waals surface area contributed by atoms with Crippen molar-refractivity contribution in [1.82, 2.24) is 4.90 Å². The third kappa shape index (κ3) is 6.53. The molecule has 1 aliphatic heterocycles. The summed E-state index contributed by atoms with van der Waals surface area (Å²) in [4.78, 5) is 14.9. The van der Waals surface area contributed by atoms with Crippen LogP contribution in [0.5, 0.6) is 5.75 Å². The fourth-order valence-electron chi connectivity index (χ4n) is 3.73. The van der Waals surface area contributed by atoms with E-state index in [0.29, 0.717) is 13.0 Å². The van der Waals surface area contributed by atoms with Gasteiger partial charge in [0.1, 0.15) is 17.7 Å². The highest BCUT2D eigenvalue weighted by atomic mass is 32.2. The van der Waals surface area contributed by atoms with E-state index in [1.165, 1.54) is 25.7 Å². The van der Waals surface area contributed by atoms with E-state index in [-0.39, 0.29) is 11.3 Å². The number of thioether (sulfide) groups is 1. The first-order valence-corrected chi connectivity index (χ1v) is 12.0. The highest BCUT2D eigenvalue weighted by Crippen LogP contribution is 2.42. The fraction of sp³-hybridized carbons (Fsp3) is 0.480. The molecule has 1 atom stereocenters. The second-order valence-corrected chi connectivity index (χ2v) is 8.83. The molecule has 1 heterocycles. The lowest BCUT2D eigenvalue weighted by atomic mass is 10.1. The highest BCUT2D eigenvalue weighted by molar-refractivity contribution is 7.99. The van der Waals surface area contributed by atoms with Crippen LogP contribution >= 0.6 is 11.8 Å². The Morgan fingerprint density at radius 2 is 1.72 bits per heavy atom. The van der Waals surface area contributed by atoms with Gasteiger partial charge in [-0.2, -0.15) is 0 Å². The molecular formula is C25H33NO2S. The fourth-order valence-corrected chi connectivity index (χ4v) is 5.04. The highest BCUT2D eigenvalue weighted by Gasteiger charge is 2.32. The molecule has 156 valence electrons. The number of amides is 1. The molecule has 0 aromatic heterocycles. The first-order valence-electron chi connectivity index (χ1n) is 11.0. The number of hydrogen-bond acceptors (Lipinski definition) is 3. The second kappa shape index (κ2) is 11.9. The summed E-state index contributed by atoms with van der Waals surface area (Å²) < 4.78 is 6.15. The van der Waals surface area contributed by atoms with Crippen LogP contribution in [0.2, 0.25) is 0 Å². The van der Waals surface area contributed by atoms with Crippen LogP contribution in [0.4, 0.5) is 0 Å². The lowest BCUT2D eigenvalue weighted by Crippen LogP contribution is -2.30. The number of carbonyl (C=O) groups excluding carboxylic acids is 1. The van der Waals surface area contributed by atoms with E-state index in [4.69, 9.17) is 4.74 Å². The summed E-state index contributed by atoms with van der Waals surface area (Å²) in [5.41, 5.74) is 2.26. The average molecular weight is 412 g/mol. The van der Waals surface area contributed by atoms with Crippen molar-refractivity contribution in [1.29, 1.82) is 0 Å². The van der Waals surface area contributed by atoms with E-state index >= 15 is 0 Å². The first kappa shape index (κ1) is 21.8. The zero-order valence-electron chi connectivity index (χ0n) is 17.5. The molecule has 1 fully saturated rings. The minimum absolute atomic E-state index is 0.0644. The molecular weight excluding hydrogens is 378 g/mol. The molecule has 29 heavy (non-hydrogen) atoms. The van der Waals surface area contributed by atoms with Gasteiger partial charge in [0.15, 0.2) is 0 Å². The molecule has 4 heteroatoms. The molecule has 2 aromatic rings. The number of benzene rings is 2. The van der Waals surface area contributed by atoms with Crippen molar-refractivity contribution in [3.8, 4) is 5.75 Å². The topological polar surface area (TPSA) is 29.5 Å². The number of para-hydroxylation sites is 1. The van der Waals surface area contributed by atoms with Gasteiger partial charge >= 0.3 is 0 Å². The summed E-state index contributed by atoms with van der Waals surface area (Å²) in [7, 11) is 0. The molecule has 0 bridgehead atoms. The van der Waals surface area contributed by atoms with Crippen molar-refractivity contribution in [2.75, 3.05) is 12.3 Å². The van der Waals surface area contributed by atoms with Crippen LogP contribution in [0.1, 0.15) is 68.4 Å². The predicted molar refractivity (Wildman–Crippen MR) is 122 cm³/mol. The maximum atomic E-state index is 12.9. The molecule has 3 nitrogen and oxygen atoms in total. The summed E-state index contributed by atoms with van der Waals surface area (Å²) in [5.74, 6) is 2.15. The average Bonchev–Trinajstić information content (AvgIpc) is 3.25. The Bertz CT molecular complexity index is 749. The van der Waals surface area contributed by atoms with Crippen LogP contribution in [0.3, 0.4) is 0 Å². The molecule has 0 radical (unpaired) electrons. The Kier molecular flexibility index (Phi) is 8.94. The van der Waals surface area contributed by atoms with E-state index in [0.717, 1.165) is 42.0 Å². The number of rotatable bonds is 11. The van der Waals surface area contributed by atoms with Gasteiger partial charge in [0.05, 0.1) is 0 Å². The smallest absolute Gasteiger partial charge is 0.223 e. The van der Waals surface area contributed by atoms with Gasteiger partial charge < -0.3 is 9.64 Å². The molecule has 1 aliphatic rings. The number of ether oxygens (including phenoxy) is 1. The molecule has 0 spiro atoms. The van der Waals surface area contributed by atoms with Crippen molar-refractivity contribution in [3.63, 3.8) is 0 Å². The van der Waals surface area contributed by atoms with Crippen LogP contribution < -0.4 is 4.74 Å². The van der Waals surface area contributed by atoms with Crippen LogP contribution in [0.25, 0.3) is 0 Å². The summed E-state index contributed by atoms with van der Waals surface area (Å²) in [6, 6.07) is 18.4. The van der Waals surface area contributed by atoms with Crippen molar-refractivity contribution >= 4 is 17.7 Å². The van der Waals surface area contributed by atoms with Crippen molar-refractivity contribution in [2.24, 2.45) is 0 Å². The SMILES string of the molecule is CCCCCCCCC(=O)N1CCSC1c1ccccc1OCc1ccccc1. The van der Waals surface area contributed by atoms with Gasteiger partial charge in [-0.3, -0.25) is 4.79 Å². The summed E-state index contributed by atoms with van der Waals surface area (Å²) in [6.45, 7) is 3.61. The number of unbranched alkanes of at least 4 members (excludes halogenated alkanes) is 5. The van der Waals surface area contributed by atoms with Gasteiger partial charge in [-0.25, -0.2) is 0 Å². The second-order valence-electron chi connectivity index (χ2n) is 7.64. The molecule has 3 rings (SSSR count). The maximum absolute atomic E-state index is 12.9. The minimum Gasteiger partial charge on any atom is -0.489 e. The van der Waals surface area contributed by atoms with Gasteiger partial charge in [-0.1, -0.05) is 87.6 Å². The van der Waals surface area contributed by atoms with Crippen LogP contribution in [-0.2, 0) is 11.4 Å². The van der Waals surface area contributed by atoms with Crippen LogP contribution in [0.15, 0.2) is 54.6 Å². The van der Waals surface area contributed by atoms with Crippen molar-refractivity contribution in [3.05, 3.63) is 65.7 Å². The lowest BCUT2D eigenvalue weighted by Gasteiger charge is -2.26. The van der Waals surface area contributed by atoms with Crippen LogP contribution in [0, 0.1) is 0 Å². The summed E-state index contributed by atoms with van der Waals surface area (Å²) in [5, 5.41) is 0.0644. The third-order valence-corrected chi connectivity index (χ3v) is 6.62. The minimum atomic E-state index is 0.0644. The standard InChI is InChI=1S/C25H33NO2S/c1-2-3-4-5-6-10-17-24(27)26-18-19-29-25(26)22-15-11-12-16-23(22)28-20-21-13-8-7-9-14-21/h7-9,11-16,25H,2-6,10,17-20H2,1H3. The Labute approximate surface area is 179 Å². The Hall–Kier alpha value is -1.94. The van der Waals surface area contributed by atoms with Gasteiger partial charge in [-0.15, -0.1) is 11.8 Å². The van der Waals surface area contributed by atoms with Crippen molar-refractivity contribution < 1.29 is 9.53 Å². The van der Waals surface area contributed by atoms with E-state index < -0.39 is 0 Å². The van der Waals surface area contributed by atoms with Gasteiger partial charge in [0, 0.05) is 24.3 Å². The number of hydrogen-bond donors (Lipinski definition) is 0. The number of carbonyl (C=O) groups is 1. The predicted octanol–water partition coefficient (Wildman–Crippen LogP) is 6.59. The van der Waals surface area contributed by atoms with Gasteiger partial charge in [0.25, 0.3) is 0 Å². The zero-order chi connectivity index (χ0) is 20.3. The Morgan fingerprint density at radius 3 is 2.55 bits per heavy atom.